The van der Waals surface area contributed by atoms with E-state index in [2.05, 4.69) is 0 Å². The standard InChI is InChI=1S/C16H23NO3S/c1-13-5-4-6-14(11-13)12-21(18,19)17-9-10-20-16-8-3-2-7-15(16)17/h4-6,11,15-16H,2-3,7-10,12H2,1H3. The first-order valence-corrected chi connectivity index (χ1v) is 9.34. The maximum absolute atomic E-state index is 12.8. The molecule has 1 aromatic carbocycles. The Balaban J connectivity index is 1.80. The van der Waals surface area contributed by atoms with Gasteiger partial charge < -0.3 is 4.74 Å². The van der Waals surface area contributed by atoms with E-state index in [0.29, 0.717) is 13.2 Å². The SMILES string of the molecule is Cc1cccc(CS(=O)(=O)N2CCOC3CCCCC32)c1. The second-order valence-electron chi connectivity index (χ2n) is 6.12. The number of aryl methyl sites for hydroxylation is 1. The molecule has 5 heteroatoms. The Morgan fingerprint density at radius 2 is 2.10 bits per heavy atom. The quantitative estimate of drug-likeness (QED) is 0.862. The maximum Gasteiger partial charge on any atom is 0.218 e. The van der Waals surface area contributed by atoms with E-state index in [1.807, 2.05) is 31.2 Å². The zero-order chi connectivity index (χ0) is 14.9. The van der Waals surface area contributed by atoms with Gasteiger partial charge in [0.2, 0.25) is 10.0 Å². The second-order valence-corrected chi connectivity index (χ2v) is 8.04. The molecule has 1 aliphatic carbocycles. The summed E-state index contributed by atoms with van der Waals surface area (Å²) in [5, 5.41) is 0. The molecule has 0 N–H and O–H groups in total. The van der Waals surface area contributed by atoms with Crippen molar-refractivity contribution in [3.63, 3.8) is 0 Å². The molecule has 3 rings (SSSR count). The van der Waals surface area contributed by atoms with Crippen molar-refractivity contribution >= 4 is 10.0 Å². The number of hydrogen-bond donors (Lipinski definition) is 0. The fourth-order valence-corrected chi connectivity index (χ4v) is 5.27. The largest absolute Gasteiger partial charge is 0.375 e. The molecule has 116 valence electrons. The fraction of sp³-hybridized carbons (Fsp3) is 0.625. The summed E-state index contributed by atoms with van der Waals surface area (Å²) >= 11 is 0. The molecule has 2 atom stereocenters. The minimum Gasteiger partial charge on any atom is -0.375 e. The lowest BCUT2D eigenvalue weighted by molar-refractivity contribution is -0.0586. The highest BCUT2D eigenvalue weighted by atomic mass is 32.2. The zero-order valence-electron chi connectivity index (χ0n) is 12.5. The summed E-state index contributed by atoms with van der Waals surface area (Å²) in [6, 6.07) is 7.80. The molecule has 2 unspecified atom stereocenters. The molecule has 1 aromatic rings. The van der Waals surface area contributed by atoms with Crippen molar-refractivity contribution in [2.24, 2.45) is 0 Å². The molecule has 0 radical (unpaired) electrons. The van der Waals surface area contributed by atoms with E-state index in [4.69, 9.17) is 4.74 Å². The predicted molar refractivity (Wildman–Crippen MR) is 82.5 cm³/mol. The molecule has 0 aromatic heterocycles. The van der Waals surface area contributed by atoms with Crippen LogP contribution in [0.5, 0.6) is 0 Å². The van der Waals surface area contributed by atoms with Gasteiger partial charge in [-0.15, -0.1) is 0 Å². The second kappa shape index (κ2) is 6.07. The van der Waals surface area contributed by atoms with Gasteiger partial charge in [0.15, 0.2) is 0 Å². The van der Waals surface area contributed by atoms with Crippen molar-refractivity contribution in [3.05, 3.63) is 35.4 Å². The van der Waals surface area contributed by atoms with Crippen molar-refractivity contribution < 1.29 is 13.2 Å². The molecule has 0 spiro atoms. The monoisotopic (exact) mass is 309 g/mol. The molecular weight excluding hydrogens is 286 g/mol. The minimum absolute atomic E-state index is 0.0438. The van der Waals surface area contributed by atoms with Gasteiger partial charge in [0.1, 0.15) is 0 Å². The molecule has 2 fully saturated rings. The van der Waals surface area contributed by atoms with Crippen molar-refractivity contribution in [3.8, 4) is 0 Å². The normalized spacial score (nSPS) is 27.3. The third-order valence-electron chi connectivity index (χ3n) is 4.47. The Morgan fingerprint density at radius 1 is 1.29 bits per heavy atom. The average Bonchev–Trinajstić information content (AvgIpc) is 2.46. The highest BCUT2D eigenvalue weighted by Crippen LogP contribution is 2.31. The van der Waals surface area contributed by atoms with Gasteiger partial charge in [-0.25, -0.2) is 8.42 Å². The van der Waals surface area contributed by atoms with E-state index in [0.717, 1.165) is 36.8 Å². The Labute approximate surface area is 127 Å². The summed E-state index contributed by atoms with van der Waals surface area (Å²) in [4.78, 5) is 0. The van der Waals surface area contributed by atoms with Crippen molar-refractivity contribution in [1.29, 1.82) is 0 Å². The van der Waals surface area contributed by atoms with Crippen LogP contribution >= 0.6 is 0 Å². The Morgan fingerprint density at radius 3 is 2.90 bits per heavy atom. The van der Waals surface area contributed by atoms with Gasteiger partial charge in [-0.3, -0.25) is 0 Å². The predicted octanol–water partition coefficient (Wildman–Crippen LogP) is 2.47. The number of benzene rings is 1. The van der Waals surface area contributed by atoms with Crippen LogP contribution in [-0.4, -0.2) is 38.0 Å². The topological polar surface area (TPSA) is 46.6 Å². The zero-order valence-corrected chi connectivity index (χ0v) is 13.3. The van der Waals surface area contributed by atoms with E-state index < -0.39 is 10.0 Å². The summed E-state index contributed by atoms with van der Waals surface area (Å²) < 4.78 is 33.1. The van der Waals surface area contributed by atoms with Crippen molar-refractivity contribution in [2.75, 3.05) is 13.2 Å². The molecule has 4 nitrogen and oxygen atoms in total. The van der Waals surface area contributed by atoms with Gasteiger partial charge in [-0.1, -0.05) is 42.7 Å². The molecule has 21 heavy (non-hydrogen) atoms. The van der Waals surface area contributed by atoms with E-state index >= 15 is 0 Å². The minimum atomic E-state index is -3.27. The molecule has 2 aliphatic rings. The lowest BCUT2D eigenvalue weighted by atomic mass is 9.91. The van der Waals surface area contributed by atoms with E-state index in [-0.39, 0.29) is 17.9 Å². The van der Waals surface area contributed by atoms with Gasteiger partial charge in [-0.05, 0) is 25.3 Å². The third kappa shape index (κ3) is 3.30. The highest BCUT2D eigenvalue weighted by molar-refractivity contribution is 7.88. The van der Waals surface area contributed by atoms with Crippen LogP contribution in [0, 0.1) is 6.92 Å². The Bertz CT molecular complexity index is 597. The smallest absolute Gasteiger partial charge is 0.218 e. The lowest BCUT2D eigenvalue weighted by Crippen LogP contribution is -2.54. The van der Waals surface area contributed by atoms with Gasteiger partial charge in [-0.2, -0.15) is 4.31 Å². The number of morpholine rings is 1. The number of nitrogens with zero attached hydrogens (tertiary/aromatic N) is 1. The van der Waals surface area contributed by atoms with Crippen LogP contribution in [0.4, 0.5) is 0 Å². The first kappa shape index (κ1) is 15.0. The van der Waals surface area contributed by atoms with Crippen molar-refractivity contribution in [2.45, 2.75) is 50.5 Å². The average molecular weight is 309 g/mol. The summed E-state index contributed by atoms with van der Waals surface area (Å²) in [5.74, 6) is 0.0951. The van der Waals surface area contributed by atoms with Crippen LogP contribution in [0.15, 0.2) is 24.3 Å². The first-order valence-electron chi connectivity index (χ1n) is 7.73. The highest BCUT2D eigenvalue weighted by Gasteiger charge is 2.40. The molecule has 1 aliphatic heterocycles. The van der Waals surface area contributed by atoms with Crippen LogP contribution in [0.2, 0.25) is 0 Å². The lowest BCUT2D eigenvalue weighted by Gasteiger charge is -2.42. The van der Waals surface area contributed by atoms with Crippen LogP contribution < -0.4 is 0 Å². The number of rotatable bonds is 3. The molecule has 1 saturated carbocycles. The van der Waals surface area contributed by atoms with Gasteiger partial charge in [0.25, 0.3) is 0 Å². The molecular formula is C16H23NO3S. The van der Waals surface area contributed by atoms with Crippen molar-refractivity contribution in [1.82, 2.24) is 4.31 Å². The van der Waals surface area contributed by atoms with E-state index in [1.54, 1.807) is 4.31 Å². The number of hydrogen-bond acceptors (Lipinski definition) is 3. The van der Waals surface area contributed by atoms with E-state index in [9.17, 15) is 8.42 Å². The van der Waals surface area contributed by atoms with Crippen LogP contribution in [0.1, 0.15) is 36.8 Å². The van der Waals surface area contributed by atoms with Gasteiger partial charge in [0.05, 0.1) is 24.5 Å². The number of fused-ring (bicyclic) bond motifs is 1. The molecule has 0 amide bonds. The molecule has 1 heterocycles. The van der Waals surface area contributed by atoms with Gasteiger partial charge in [0, 0.05) is 6.54 Å². The molecule has 0 bridgehead atoms. The summed E-state index contributed by atoms with van der Waals surface area (Å²) in [5.41, 5.74) is 1.97. The third-order valence-corrected chi connectivity index (χ3v) is 6.34. The van der Waals surface area contributed by atoms with Crippen LogP contribution in [0.3, 0.4) is 0 Å². The van der Waals surface area contributed by atoms with Crippen LogP contribution in [-0.2, 0) is 20.5 Å². The Kier molecular flexibility index (Phi) is 4.33. The summed E-state index contributed by atoms with van der Waals surface area (Å²) in [6.45, 7) is 3.01. The van der Waals surface area contributed by atoms with Crippen LogP contribution in [0.25, 0.3) is 0 Å². The van der Waals surface area contributed by atoms with Gasteiger partial charge >= 0.3 is 0 Å². The summed E-state index contributed by atoms with van der Waals surface area (Å²) in [7, 11) is -3.27. The first-order chi connectivity index (χ1) is 10.1. The number of ether oxygens (including phenoxy) is 1. The Hall–Kier alpha value is -0.910. The maximum atomic E-state index is 12.8. The fourth-order valence-electron chi connectivity index (χ4n) is 3.50. The van der Waals surface area contributed by atoms with E-state index in [1.165, 1.54) is 0 Å². The number of sulfonamides is 1. The molecule has 1 saturated heterocycles. The summed E-state index contributed by atoms with van der Waals surface area (Å²) in [6.07, 6.45) is 4.26.